The van der Waals surface area contributed by atoms with Crippen molar-refractivity contribution in [1.82, 2.24) is 4.90 Å². The van der Waals surface area contributed by atoms with Crippen LogP contribution in [0, 0.1) is 0 Å². The maximum absolute atomic E-state index is 5.56. The van der Waals surface area contributed by atoms with Gasteiger partial charge in [-0.05, 0) is 51.9 Å². The summed E-state index contributed by atoms with van der Waals surface area (Å²) in [5.74, 6) is 0. The third kappa shape index (κ3) is 2.25. The lowest BCUT2D eigenvalue weighted by atomic mass is 9.83. The van der Waals surface area contributed by atoms with Gasteiger partial charge in [0.05, 0.1) is 13.2 Å². The van der Waals surface area contributed by atoms with Crippen LogP contribution in [-0.2, 0) is 11.2 Å². The monoisotopic (exact) mass is 317 g/mol. The van der Waals surface area contributed by atoms with E-state index in [2.05, 4.69) is 53.4 Å². The van der Waals surface area contributed by atoms with Gasteiger partial charge in [0.15, 0.2) is 0 Å². The van der Waals surface area contributed by atoms with Gasteiger partial charge in [-0.15, -0.1) is 0 Å². The van der Waals surface area contributed by atoms with Crippen molar-refractivity contribution >= 4 is 21.5 Å². The van der Waals surface area contributed by atoms with Crippen LogP contribution in [-0.4, -0.2) is 31.2 Å². The molecule has 0 spiro atoms. The molecular formula is C22H23NO. The quantitative estimate of drug-likeness (QED) is 0.603. The van der Waals surface area contributed by atoms with Crippen molar-refractivity contribution < 1.29 is 4.74 Å². The molecule has 2 aliphatic rings. The first kappa shape index (κ1) is 14.4. The number of hydrogen-bond acceptors (Lipinski definition) is 2. The van der Waals surface area contributed by atoms with Crippen molar-refractivity contribution in [2.75, 3.05) is 26.3 Å². The van der Waals surface area contributed by atoms with Crippen LogP contribution in [0.2, 0.25) is 0 Å². The Morgan fingerprint density at radius 3 is 2.58 bits per heavy atom. The molecule has 0 bridgehead atoms. The van der Waals surface area contributed by atoms with Crippen molar-refractivity contribution in [1.29, 1.82) is 0 Å². The smallest absolute Gasteiger partial charge is 0.0594 e. The van der Waals surface area contributed by atoms with Gasteiger partial charge in [0.2, 0.25) is 0 Å². The minimum atomic E-state index is 0.577. The van der Waals surface area contributed by atoms with E-state index in [0.29, 0.717) is 6.04 Å². The summed E-state index contributed by atoms with van der Waals surface area (Å²) in [6, 6.07) is 18.7. The molecule has 5 rings (SSSR count). The van der Waals surface area contributed by atoms with Gasteiger partial charge in [-0.1, -0.05) is 48.5 Å². The Balaban J connectivity index is 1.68. The first-order valence-electron chi connectivity index (χ1n) is 9.17. The van der Waals surface area contributed by atoms with Crippen LogP contribution >= 0.6 is 0 Å². The van der Waals surface area contributed by atoms with Crippen molar-refractivity contribution in [3.8, 4) is 0 Å². The molecule has 1 aliphatic carbocycles. The van der Waals surface area contributed by atoms with Crippen LogP contribution in [0.15, 0.2) is 48.5 Å². The van der Waals surface area contributed by atoms with Crippen molar-refractivity contribution in [3.05, 3.63) is 59.7 Å². The number of rotatable bonds is 1. The molecule has 1 unspecified atom stereocenters. The van der Waals surface area contributed by atoms with Gasteiger partial charge < -0.3 is 4.74 Å². The molecule has 0 radical (unpaired) electrons. The lowest BCUT2D eigenvalue weighted by Crippen LogP contribution is -2.40. The minimum Gasteiger partial charge on any atom is -0.379 e. The number of ether oxygens (including phenoxy) is 1. The zero-order chi connectivity index (χ0) is 15.9. The average molecular weight is 317 g/mol. The van der Waals surface area contributed by atoms with E-state index in [4.69, 9.17) is 4.74 Å². The van der Waals surface area contributed by atoms with E-state index in [1.165, 1.54) is 40.8 Å². The van der Waals surface area contributed by atoms with Crippen molar-refractivity contribution in [3.63, 3.8) is 0 Å². The van der Waals surface area contributed by atoms with E-state index in [1.807, 2.05) is 0 Å². The topological polar surface area (TPSA) is 12.5 Å². The highest BCUT2D eigenvalue weighted by Crippen LogP contribution is 2.39. The third-order valence-electron chi connectivity index (χ3n) is 5.82. The third-order valence-corrected chi connectivity index (χ3v) is 5.82. The Labute approximate surface area is 143 Å². The van der Waals surface area contributed by atoms with E-state index in [9.17, 15) is 0 Å². The fourth-order valence-electron chi connectivity index (χ4n) is 4.65. The molecule has 1 heterocycles. The normalized spacial score (nSPS) is 21.9. The largest absolute Gasteiger partial charge is 0.379 e. The number of nitrogens with zero attached hydrogens (tertiary/aromatic N) is 1. The molecule has 24 heavy (non-hydrogen) atoms. The van der Waals surface area contributed by atoms with E-state index in [-0.39, 0.29) is 0 Å². The Morgan fingerprint density at radius 1 is 0.833 bits per heavy atom. The summed E-state index contributed by atoms with van der Waals surface area (Å²) in [6.45, 7) is 3.90. The molecule has 1 aliphatic heterocycles. The van der Waals surface area contributed by atoms with Crippen molar-refractivity contribution in [2.45, 2.75) is 25.3 Å². The summed E-state index contributed by atoms with van der Waals surface area (Å²) in [4.78, 5) is 2.63. The molecule has 1 fully saturated rings. The highest BCUT2D eigenvalue weighted by molar-refractivity contribution is 6.08. The standard InChI is InChI=1S/C22H23NO/c1-2-5-17-16(4-1)8-9-20-18-6-3-7-22(21(18)11-10-19(17)20)23-12-14-24-15-13-23/h1-2,4-5,8-11,22H,3,6-7,12-15H2. The van der Waals surface area contributed by atoms with E-state index < -0.39 is 0 Å². The van der Waals surface area contributed by atoms with Gasteiger partial charge in [-0.25, -0.2) is 0 Å². The van der Waals surface area contributed by atoms with Gasteiger partial charge >= 0.3 is 0 Å². The van der Waals surface area contributed by atoms with Crippen LogP contribution in [0.4, 0.5) is 0 Å². The molecule has 0 aromatic heterocycles. The second-order valence-corrected chi connectivity index (χ2v) is 7.07. The number of aryl methyl sites for hydroxylation is 1. The zero-order valence-corrected chi connectivity index (χ0v) is 14.0. The molecule has 2 nitrogen and oxygen atoms in total. The Morgan fingerprint density at radius 2 is 1.67 bits per heavy atom. The van der Waals surface area contributed by atoms with Crippen molar-refractivity contribution in [2.24, 2.45) is 0 Å². The second-order valence-electron chi connectivity index (χ2n) is 7.07. The number of fused-ring (bicyclic) bond motifs is 5. The van der Waals surface area contributed by atoms with Crippen LogP contribution in [0.5, 0.6) is 0 Å². The summed E-state index contributed by atoms with van der Waals surface area (Å²) in [5.41, 5.74) is 3.15. The Hall–Kier alpha value is -1.90. The summed E-state index contributed by atoms with van der Waals surface area (Å²) >= 11 is 0. The number of morpholine rings is 1. The van der Waals surface area contributed by atoms with Gasteiger partial charge in [0.25, 0.3) is 0 Å². The number of hydrogen-bond donors (Lipinski definition) is 0. The Kier molecular flexibility index (Phi) is 3.53. The van der Waals surface area contributed by atoms with Crippen LogP contribution in [0.25, 0.3) is 21.5 Å². The Bertz CT molecular complexity index is 895. The average Bonchev–Trinajstić information content (AvgIpc) is 2.67. The molecule has 122 valence electrons. The first-order valence-corrected chi connectivity index (χ1v) is 9.17. The molecule has 0 saturated carbocycles. The van der Waals surface area contributed by atoms with Gasteiger partial charge in [0, 0.05) is 19.1 Å². The SMILES string of the molecule is c1ccc2c(c1)ccc1c3c(ccc12)C(N1CCOCC1)CCC3. The summed E-state index contributed by atoms with van der Waals surface area (Å²) in [5, 5.41) is 5.59. The molecule has 0 amide bonds. The second kappa shape index (κ2) is 5.87. The molecule has 1 atom stereocenters. The fourth-order valence-corrected chi connectivity index (χ4v) is 4.65. The minimum absolute atomic E-state index is 0.577. The molecule has 3 aromatic carbocycles. The molecular weight excluding hydrogens is 294 g/mol. The molecule has 0 N–H and O–H groups in total. The predicted molar refractivity (Wildman–Crippen MR) is 99.5 cm³/mol. The summed E-state index contributed by atoms with van der Waals surface area (Å²) < 4.78 is 5.56. The van der Waals surface area contributed by atoms with E-state index in [0.717, 1.165) is 26.3 Å². The lowest BCUT2D eigenvalue weighted by molar-refractivity contribution is 0.0125. The lowest BCUT2D eigenvalue weighted by Gasteiger charge is -2.38. The van der Waals surface area contributed by atoms with Gasteiger partial charge in [0.1, 0.15) is 0 Å². The fraction of sp³-hybridized carbons (Fsp3) is 0.364. The number of benzene rings is 3. The molecule has 3 aromatic rings. The summed E-state index contributed by atoms with van der Waals surface area (Å²) in [7, 11) is 0. The summed E-state index contributed by atoms with van der Waals surface area (Å²) in [6.07, 6.45) is 3.79. The predicted octanol–water partition coefficient (Wildman–Crippen LogP) is 4.70. The van der Waals surface area contributed by atoms with Crippen LogP contribution in [0.3, 0.4) is 0 Å². The maximum atomic E-state index is 5.56. The van der Waals surface area contributed by atoms with Gasteiger partial charge in [-0.3, -0.25) is 4.90 Å². The zero-order valence-electron chi connectivity index (χ0n) is 14.0. The molecule has 1 saturated heterocycles. The first-order chi connectivity index (χ1) is 11.9. The molecule has 2 heteroatoms. The van der Waals surface area contributed by atoms with Crippen LogP contribution < -0.4 is 0 Å². The highest BCUT2D eigenvalue weighted by Gasteiger charge is 2.28. The van der Waals surface area contributed by atoms with E-state index in [1.54, 1.807) is 11.1 Å². The highest BCUT2D eigenvalue weighted by atomic mass is 16.5. The van der Waals surface area contributed by atoms with E-state index >= 15 is 0 Å². The maximum Gasteiger partial charge on any atom is 0.0594 e. The van der Waals surface area contributed by atoms with Crippen LogP contribution in [0.1, 0.15) is 30.0 Å². The van der Waals surface area contributed by atoms with Gasteiger partial charge in [-0.2, -0.15) is 0 Å².